The average molecular weight is 280 g/mol. The normalized spacial score (nSPS) is 17.4. The molecule has 1 fully saturated rings. The zero-order valence-electron chi connectivity index (χ0n) is 11.4. The largest absolute Gasteiger partial charge is 0.459 e. The lowest BCUT2D eigenvalue weighted by Gasteiger charge is -2.32. The summed E-state index contributed by atoms with van der Waals surface area (Å²) < 4.78 is 4.92. The Bertz CT molecular complexity index is 450. The van der Waals surface area contributed by atoms with Crippen molar-refractivity contribution in [3.63, 3.8) is 0 Å². The summed E-state index contributed by atoms with van der Waals surface area (Å²) in [5, 5.41) is 15.3. The molecule has 110 valence electrons. The molecule has 0 atom stereocenters. The number of carbonyl (C=O) groups excluding carboxylic acids is 2. The molecule has 0 saturated heterocycles. The third kappa shape index (κ3) is 4.09. The minimum Gasteiger partial charge on any atom is -0.459 e. The summed E-state index contributed by atoms with van der Waals surface area (Å²) in [4.78, 5) is 23.2. The number of rotatable bonds is 5. The van der Waals surface area contributed by atoms with Crippen molar-refractivity contribution in [3.8, 4) is 0 Å². The highest BCUT2D eigenvalue weighted by molar-refractivity contribution is 5.94. The monoisotopic (exact) mass is 280 g/mol. The van der Waals surface area contributed by atoms with Crippen LogP contribution in [-0.2, 0) is 4.79 Å². The third-order valence-corrected chi connectivity index (χ3v) is 3.55. The van der Waals surface area contributed by atoms with E-state index in [1.54, 1.807) is 6.07 Å². The minimum absolute atomic E-state index is 0.129. The molecule has 1 aliphatic rings. The van der Waals surface area contributed by atoms with E-state index in [1.807, 2.05) is 0 Å². The van der Waals surface area contributed by atoms with Crippen molar-refractivity contribution in [1.29, 1.82) is 0 Å². The van der Waals surface area contributed by atoms with Crippen molar-refractivity contribution >= 4 is 11.8 Å². The van der Waals surface area contributed by atoms with E-state index in [2.05, 4.69) is 10.6 Å². The summed E-state index contributed by atoms with van der Waals surface area (Å²) in [6.07, 6.45) is 5.93. The number of hydrogen-bond acceptors (Lipinski definition) is 4. The van der Waals surface area contributed by atoms with Gasteiger partial charge < -0.3 is 20.2 Å². The van der Waals surface area contributed by atoms with Crippen LogP contribution < -0.4 is 10.6 Å². The molecule has 1 aliphatic carbocycles. The van der Waals surface area contributed by atoms with Crippen molar-refractivity contribution < 1.29 is 19.1 Å². The molecular weight excluding hydrogens is 260 g/mol. The van der Waals surface area contributed by atoms with E-state index in [0.717, 1.165) is 19.3 Å². The molecule has 6 heteroatoms. The van der Waals surface area contributed by atoms with Gasteiger partial charge in [0, 0.05) is 6.54 Å². The Morgan fingerprint density at radius 2 is 2.00 bits per heavy atom. The molecule has 1 aromatic rings. The first-order valence-corrected chi connectivity index (χ1v) is 6.90. The second-order valence-electron chi connectivity index (χ2n) is 5.22. The van der Waals surface area contributed by atoms with Gasteiger partial charge in [0.25, 0.3) is 5.91 Å². The fourth-order valence-corrected chi connectivity index (χ4v) is 2.37. The van der Waals surface area contributed by atoms with Gasteiger partial charge >= 0.3 is 0 Å². The van der Waals surface area contributed by atoms with Crippen LogP contribution in [-0.4, -0.2) is 35.6 Å². The van der Waals surface area contributed by atoms with Gasteiger partial charge in [-0.05, 0) is 25.0 Å². The molecule has 3 N–H and O–H groups in total. The second kappa shape index (κ2) is 6.56. The van der Waals surface area contributed by atoms with Crippen molar-refractivity contribution in [3.05, 3.63) is 24.2 Å². The first-order valence-electron chi connectivity index (χ1n) is 6.90. The molecule has 1 aromatic heterocycles. The average Bonchev–Trinajstić information content (AvgIpc) is 2.98. The molecule has 0 unspecified atom stereocenters. The molecule has 0 radical (unpaired) electrons. The third-order valence-electron chi connectivity index (χ3n) is 3.55. The van der Waals surface area contributed by atoms with Crippen LogP contribution in [0.5, 0.6) is 0 Å². The standard InChI is InChI=1S/C14H20N2O4/c17-12(9-15-13(18)11-5-4-8-20-11)16-10-14(19)6-2-1-3-7-14/h4-5,8,19H,1-3,6-7,9-10H2,(H,15,18)(H,16,17). The van der Waals surface area contributed by atoms with Crippen LogP contribution in [0.25, 0.3) is 0 Å². The molecular formula is C14H20N2O4. The van der Waals surface area contributed by atoms with Crippen molar-refractivity contribution in [2.45, 2.75) is 37.7 Å². The highest BCUT2D eigenvalue weighted by atomic mass is 16.3. The highest BCUT2D eigenvalue weighted by Gasteiger charge is 2.29. The van der Waals surface area contributed by atoms with E-state index in [1.165, 1.54) is 12.3 Å². The summed E-state index contributed by atoms with van der Waals surface area (Å²) in [6.45, 7) is 0.109. The van der Waals surface area contributed by atoms with Gasteiger partial charge in [0.1, 0.15) is 0 Å². The maximum Gasteiger partial charge on any atom is 0.287 e. The lowest BCUT2D eigenvalue weighted by Crippen LogP contribution is -2.46. The van der Waals surface area contributed by atoms with Crippen LogP contribution >= 0.6 is 0 Å². The molecule has 2 rings (SSSR count). The number of furan rings is 1. The Morgan fingerprint density at radius 1 is 1.25 bits per heavy atom. The molecule has 0 aromatic carbocycles. The Kier molecular flexibility index (Phi) is 4.79. The summed E-state index contributed by atoms with van der Waals surface area (Å²) in [7, 11) is 0. The van der Waals surface area contributed by atoms with Gasteiger partial charge in [-0.1, -0.05) is 19.3 Å². The molecule has 6 nitrogen and oxygen atoms in total. The number of nitrogens with one attached hydrogen (secondary N) is 2. The Balaban J connectivity index is 1.69. The van der Waals surface area contributed by atoms with Gasteiger partial charge in [-0.15, -0.1) is 0 Å². The van der Waals surface area contributed by atoms with Gasteiger partial charge in [0.2, 0.25) is 5.91 Å². The molecule has 1 heterocycles. The maximum atomic E-state index is 11.6. The van der Waals surface area contributed by atoms with E-state index in [9.17, 15) is 14.7 Å². The molecule has 0 spiro atoms. The SMILES string of the molecule is O=C(CNC(=O)c1ccco1)NCC1(O)CCCCC1. The molecule has 1 saturated carbocycles. The Morgan fingerprint density at radius 3 is 2.65 bits per heavy atom. The lowest BCUT2D eigenvalue weighted by molar-refractivity contribution is -0.121. The number of amides is 2. The van der Waals surface area contributed by atoms with Crippen LogP contribution in [0.1, 0.15) is 42.7 Å². The fraction of sp³-hybridized carbons (Fsp3) is 0.571. The van der Waals surface area contributed by atoms with Crippen molar-refractivity contribution in [2.24, 2.45) is 0 Å². The van der Waals surface area contributed by atoms with Crippen LogP contribution in [0.15, 0.2) is 22.8 Å². The maximum absolute atomic E-state index is 11.6. The first kappa shape index (κ1) is 14.6. The van der Waals surface area contributed by atoms with Gasteiger partial charge in [-0.2, -0.15) is 0 Å². The van der Waals surface area contributed by atoms with E-state index < -0.39 is 11.5 Å². The van der Waals surface area contributed by atoms with Gasteiger partial charge in [-0.25, -0.2) is 0 Å². The Hall–Kier alpha value is -1.82. The predicted molar refractivity (Wildman–Crippen MR) is 72.1 cm³/mol. The second-order valence-corrected chi connectivity index (χ2v) is 5.22. The van der Waals surface area contributed by atoms with E-state index in [-0.39, 0.29) is 24.8 Å². The van der Waals surface area contributed by atoms with Crippen LogP contribution in [0.3, 0.4) is 0 Å². The number of aliphatic hydroxyl groups is 1. The quantitative estimate of drug-likeness (QED) is 0.744. The summed E-state index contributed by atoms with van der Waals surface area (Å²) in [5.74, 6) is -0.575. The van der Waals surface area contributed by atoms with Crippen LogP contribution in [0.4, 0.5) is 0 Å². The van der Waals surface area contributed by atoms with Gasteiger partial charge in [0.15, 0.2) is 5.76 Å². The topological polar surface area (TPSA) is 91.6 Å². The summed E-state index contributed by atoms with van der Waals surface area (Å²) in [6, 6.07) is 3.13. The fourth-order valence-electron chi connectivity index (χ4n) is 2.37. The first-order chi connectivity index (χ1) is 9.59. The van der Waals surface area contributed by atoms with Gasteiger partial charge in [0.05, 0.1) is 18.4 Å². The Labute approximate surface area is 117 Å². The molecule has 0 aliphatic heterocycles. The summed E-state index contributed by atoms with van der Waals surface area (Å²) >= 11 is 0. The molecule has 2 amide bonds. The van der Waals surface area contributed by atoms with Crippen molar-refractivity contribution in [2.75, 3.05) is 13.1 Å². The zero-order valence-corrected chi connectivity index (χ0v) is 11.4. The minimum atomic E-state index is -0.793. The van der Waals surface area contributed by atoms with Crippen LogP contribution in [0, 0.1) is 0 Å². The van der Waals surface area contributed by atoms with E-state index >= 15 is 0 Å². The molecule has 20 heavy (non-hydrogen) atoms. The zero-order chi connectivity index (χ0) is 14.4. The smallest absolute Gasteiger partial charge is 0.287 e. The highest BCUT2D eigenvalue weighted by Crippen LogP contribution is 2.27. The van der Waals surface area contributed by atoms with E-state index in [4.69, 9.17) is 4.42 Å². The van der Waals surface area contributed by atoms with Crippen molar-refractivity contribution in [1.82, 2.24) is 10.6 Å². The predicted octanol–water partition coefficient (Wildman–Crippen LogP) is 0.821. The number of carbonyl (C=O) groups is 2. The van der Waals surface area contributed by atoms with Gasteiger partial charge in [-0.3, -0.25) is 9.59 Å². The van der Waals surface area contributed by atoms with E-state index in [0.29, 0.717) is 12.8 Å². The van der Waals surface area contributed by atoms with Crippen LogP contribution in [0.2, 0.25) is 0 Å². The molecule has 0 bridgehead atoms. The summed E-state index contributed by atoms with van der Waals surface area (Å²) in [5.41, 5.74) is -0.793. The number of hydrogen-bond donors (Lipinski definition) is 3. The lowest BCUT2D eigenvalue weighted by atomic mass is 9.85.